The maximum atomic E-state index is 12.2. The number of rotatable bonds is 8. The Morgan fingerprint density at radius 3 is 2.84 bits per heavy atom. The Morgan fingerprint density at radius 2 is 2.21 bits per heavy atom. The van der Waals surface area contributed by atoms with E-state index in [1.165, 1.54) is 0 Å². The SMILES string of the molecule is CCOCCCNC(C)C(=O)c1ccc(Cl)c(C)c1. The van der Waals surface area contributed by atoms with E-state index in [9.17, 15) is 4.79 Å². The smallest absolute Gasteiger partial charge is 0.179 e. The zero-order chi connectivity index (χ0) is 14.3. The number of carbonyl (C=O) groups excluding carboxylic acids is 1. The summed E-state index contributed by atoms with van der Waals surface area (Å²) in [4.78, 5) is 12.2. The van der Waals surface area contributed by atoms with Gasteiger partial charge in [0.2, 0.25) is 0 Å². The highest BCUT2D eigenvalue weighted by Gasteiger charge is 2.14. The van der Waals surface area contributed by atoms with Gasteiger partial charge in [0.15, 0.2) is 5.78 Å². The quantitative estimate of drug-likeness (QED) is 0.588. The van der Waals surface area contributed by atoms with E-state index in [4.69, 9.17) is 16.3 Å². The highest BCUT2D eigenvalue weighted by atomic mass is 35.5. The molecule has 0 aromatic heterocycles. The molecule has 1 aromatic carbocycles. The van der Waals surface area contributed by atoms with Gasteiger partial charge >= 0.3 is 0 Å². The van der Waals surface area contributed by atoms with E-state index in [1.54, 1.807) is 12.1 Å². The number of halogens is 1. The molecule has 1 atom stereocenters. The minimum Gasteiger partial charge on any atom is -0.382 e. The number of hydrogen-bond donors (Lipinski definition) is 1. The zero-order valence-electron chi connectivity index (χ0n) is 11.8. The molecule has 0 aliphatic heterocycles. The summed E-state index contributed by atoms with van der Waals surface area (Å²) in [6, 6.07) is 5.19. The Morgan fingerprint density at radius 1 is 1.47 bits per heavy atom. The van der Waals surface area contributed by atoms with Crippen LogP contribution >= 0.6 is 11.6 Å². The summed E-state index contributed by atoms with van der Waals surface area (Å²) in [7, 11) is 0. The van der Waals surface area contributed by atoms with Crippen LogP contribution in [0.1, 0.15) is 36.2 Å². The third kappa shape index (κ3) is 5.31. The maximum absolute atomic E-state index is 12.2. The van der Waals surface area contributed by atoms with Gasteiger partial charge in [0.1, 0.15) is 0 Å². The molecule has 1 rings (SSSR count). The van der Waals surface area contributed by atoms with Crippen LogP contribution in [0.4, 0.5) is 0 Å². The predicted molar refractivity (Wildman–Crippen MR) is 79.1 cm³/mol. The van der Waals surface area contributed by atoms with E-state index < -0.39 is 0 Å². The lowest BCUT2D eigenvalue weighted by Gasteiger charge is -2.13. The minimum atomic E-state index is -0.192. The number of aryl methyl sites for hydroxylation is 1. The number of nitrogens with one attached hydrogen (secondary N) is 1. The van der Waals surface area contributed by atoms with Crippen LogP contribution in [0.15, 0.2) is 18.2 Å². The number of hydrogen-bond acceptors (Lipinski definition) is 3. The molecular weight excluding hydrogens is 262 g/mol. The van der Waals surface area contributed by atoms with Crippen molar-refractivity contribution < 1.29 is 9.53 Å². The van der Waals surface area contributed by atoms with E-state index in [2.05, 4.69) is 5.32 Å². The maximum Gasteiger partial charge on any atom is 0.179 e. The highest BCUT2D eigenvalue weighted by Crippen LogP contribution is 2.17. The lowest BCUT2D eigenvalue weighted by atomic mass is 10.0. The molecule has 0 bridgehead atoms. The summed E-state index contributed by atoms with van der Waals surface area (Å²) in [5.74, 6) is 0.0937. The first kappa shape index (κ1) is 16.2. The zero-order valence-corrected chi connectivity index (χ0v) is 12.6. The van der Waals surface area contributed by atoms with E-state index in [1.807, 2.05) is 26.8 Å². The fourth-order valence-electron chi connectivity index (χ4n) is 1.78. The van der Waals surface area contributed by atoms with Gasteiger partial charge in [-0.15, -0.1) is 0 Å². The summed E-state index contributed by atoms with van der Waals surface area (Å²) in [5.41, 5.74) is 1.63. The van der Waals surface area contributed by atoms with Crippen LogP contribution in [-0.2, 0) is 4.74 Å². The van der Waals surface area contributed by atoms with Gasteiger partial charge in [-0.05, 0) is 57.5 Å². The third-order valence-corrected chi connectivity index (χ3v) is 3.38. The van der Waals surface area contributed by atoms with E-state index in [0.717, 1.165) is 31.7 Å². The molecule has 3 nitrogen and oxygen atoms in total. The first-order chi connectivity index (χ1) is 9.06. The van der Waals surface area contributed by atoms with Crippen molar-refractivity contribution in [3.63, 3.8) is 0 Å². The molecule has 0 aliphatic carbocycles. The Labute approximate surface area is 120 Å². The van der Waals surface area contributed by atoms with Crippen molar-refractivity contribution in [3.8, 4) is 0 Å². The number of ketones is 1. The van der Waals surface area contributed by atoms with Crippen molar-refractivity contribution in [1.29, 1.82) is 0 Å². The third-order valence-electron chi connectivity index (χ3n) is 2.96. The molecule has 0 saturated heterocycles. The molecule has 106 valence electrons. The molecule has 19 heavy (non-hydrogen) atoms. The molecule has 0 heterocycles. The molecule has 0 fully saturated rings. The Kier molecular flexibility index (Phi) is 7.06. The lowest BCUT2D eigenvalue weighted by Crippen LogP contribution is -2.35. The molecular formula is C15H22ClNO2. The van der Waals surface area contributed by atoms with Crippen LogP contribution < -0.4 is 5.32 Å². The summed E-state index contributed by atoms with van der Waals surface area (Å²) in [6.07, 6.45) is 0.908. The number of benzene rings is 1. The fraction of sp³-hybridized carbons (Fsp3) is 0.533. The molecule has 0 amide bonds. The number of Topliss-reactive ketones (excluding diaryl/α,β-unsaturated/α-hetero) is 1. The van der Waals surface area contributed by atoms with Crippen LogP contribution in [0, 0.1) is 6.92 Å². The molecule has 0 radical (unpaired) electrons. The molecule has 0 aliphatic rings. The number of ether oxygens (including phenoxy) is 1. The van der Waals surface area contributed by atoms with Crippen molar-refractivity contribution >= 4 is 17.4 Å². The van der Waals surface area contributed by atoms with Crippen LogP contribution in [0.25, 0.3) is 0 Å². The second kappa shape index (κ2) is 8.31. The standard InChI is InChI=1S/C15H22ClNO2/c1-4-19-9-5-8-17-12(3)15(18)13-6-7-14(16)11(2)10-13/h6-7,10,12,17H,4-5,8-9H2,1-3H3. The molecule has 1 unspecified atom stereocenters. The van der Waals surface area contributed by atoms with Crippen molar-refractivity contribution in [3.05, 3.63) is 34.3 Å². The van der Waals surface area contributed by atoms with E-state index in [0.29, 0.717) is 10.6 Å². The Balaban J connectivity index is 2.45. The Hall–Kier alpha value is -0.900. The van der Waals surface area contributed by atoms with Crippen LogP contribution in [0.2, 0.25) is 5.02 Å². The number of carbonyl (C=O) groups is 1. The summed E-state index contributed by atoms with van der Waals surface area (Å²) in [6.45, 7) is 8.00. The van der Waals surface area contributed by atoms with Gasteiger partial charge in [0.25, 0.3) is 0 Å². The van der Waals surface area contributed by atoms with Crippen molar-refractivity contribution in [1.82, 2.24) is 5.32 Å². The molecule has 4 heteroatoms. The van der Waals surface area contributed by atoms with Crippen LogP contribution in [0.5, 0.6) is 0 Å². The van der Waals surface area contributed by atoms with Crippen molar-refractivity contribution in [2.75, 3.05) is 19.8 Å². The fourth-order valence-corrected chi connectivity index (χ4v) is 1.90. The molecule has 1 aromatic rings. The monoisotopic (exact) mass is 283 g/mol. The minimum absolute atomic E-state index is 0.0937. The van der Waals surface area contributed by atoms with Gasteiger partial charge < -0.3 is 10.1 Å². The van der Waals surface area contributed by atoms with Crippen LogP contribution in [0.3, 0.4) is 0 Å². The van der Waals surface area contributed by atoms with Gasteiger partial charge in [-0.2, -0.15) is 0 Å². The average Bonchev–Trinajstić information content (AvgIpc) is 2.40. The second-order valence-electron chi connectivity index (χ2n) is 4.55. The Bertz CT molecular complexity index is 421. The largest absolute Gasteiger partial charge is 0.382 e. The summed E-state index contributed by atoms with van der Waals surface area (Å²) in [5, 5.41) is 3.90. The van der Waals surface area contributed by atoms with Gasteiger partial charge in [0.05, 0.1) is 6.04 Å². The van der Waals surface area contributed by atoms with Crippen molar-refractivity contribution in [2.24, 2.45) is 0 Å². The topological polar surface area (TPSA) is 38.3 Å². The van der Waals surface area contributed by atoms with E-state index in [-0.39, 0.29) is 11.8 Å². The normalized spacial score (nSPS) is 12.4. The molecule has 0 spiro atoms. The van der Waals surface area contributed by atoms with Crippen LogP contribution in [-0.4, -0.2) is 31.6 Å². The first-order valence-electron chi connectivity index (χ1n) is 6.67. The van der Waals surface area contributed by atoms with Gasteiger partial charge in [0, 0.05) is 23.8 Å². The highest BCUT2D eigenvalue weighted by molar-refractivity contribution is 6.31. The lowest BCUT2D eigenvalue weighted by molar-refractivity contribution is 0.0946. The van der Waals surface area contributed by atoms with Crippen molar-refractivity contribution in [2.45, 2.75) is 33.2 Å². The summed E-state index contributed by atoms with van der Waals surface area (Å²) >= 11 is 5.96. The first-order valence-corrected chi connectivity index (χ1v) is 7.05. The summed E-state index contributed by atoms with van der Waals surface area (Å²) < 4.78 is 5.25. The van der Waals surface area contributed by atoms with Gasteiger partial charge in [-0.1, -0.05) is 11.6 Å². The van der Waals surface area contributed by atoms with E-state index >= 15 is 0 Å². The predicted octanol–water partition coefficient (Wildman–Crippen LogP) is 3.24. The average molecular weight is 284 g/mol. The molecule has 1 N–H and O–H groups in total. The molecule has 0 saturated carbocycles. The second-order valence-corrected chi connectivity index (χ2v) is 4.96. The van der Waals surface area contributed by atoms with Gasteiger partial charge in [-0.3, -0.25) is 4.79 Å². The van der Waals surface area contributed by atoms with Gasteiger partial charge in [-0.25, -0.2) is 0 Å².